The number of phosphoric ester groups is 1. The van der Waals surface area contributed by atoms with Gasteiger partial charge in [-0.1, -0.05) is 176 Å². The highest BCUT2D eigenvalue weighted by Crippen LogP contribution is 2.43. The maximum Gasteiger partial charge on any atom is 0.472 e. The van der Waals surface area contributed by atoms with Gasteiger partial charge < -0.3 is 25.2 Å². The number of carboxylic acid groups (broad SMARTS) is 1. The van der Waals surface area contributed by atoms with Crippen molar-refractivity contribution in [1.29, 1.82) is 0 Å². The number of allylic oxidation sites excluding steroid dienone is 14. The fourth-order valence-electron chi connectivity index (χ4n) is 5.97. The minimum Gasteiger partial charge on any atom is -0.480 e. The summed E-state index contributed by atoms with van der Waals surface area (Å²) in [4.78, 5) is 46.0. The second-order valence-corrected chi connectivity index (χ2v) is 17.0. The Morgan fingerprint density at radius 3 is 1.42 bits per heavy atom. The molecule has 0 aliphatic carbocycles. The molecule has 0 radical (unpaired) electrons. The lowest BCUT2D eigenvalue weighted by Crippen LogP contribution is -2.34. The number of rotatable bonds is 43. The van der Waals surface area contributed by atoms with Gasteiger partial charge in [0.05, 0.1) is 13.2 Å². The molecule has 0 spiro atoms. The van der Waals surface area contributed by atoms with Crippen molar-refractivity contribution in [2.45, 2.75) is 193 Å². The van der Waals surface area contributed by atoms with Crippen molar-refractivity contribution in [3.8, 4) is 0 Å². The first-order valence-corrected chi connectivity index (χ1v) is 25.1. The van der Waals surface area contributed by atoms with Crippen LogP contribution in [0.1, 0.15) is 181 Å². The Labute approximate surface area is 375 Å². The molecule has 0 aliphatic heterocycles. The predicted octanol–water partition coefficient (Wildman–Crippen LogP) is 13.1. The molecule has 12 heteroatoms. The quantitative estimate of drug-likeness (QED) is 0.0230. The minimum atomic E-state index is -4.74. The van der Waals surface area contributed by atoms with Crippen molar-refractivity contribution in [3.63, 3.8) is 0 Å². The van der Waals surface area contributed by atoms with E-state index in [2.05, 4.69) is 91.3 Å². The Bertz CT molecular complexity index is 1370. The Hall–Kier alpha value is -3.34. The highest BCUT2D eigenvalue weighted by Gasteiger charge is 2.28. The Balaban J connectivity index is 4.43. The molecule has 0 bridgehead atoms. The summed E-state index contributed by atoms with van der Waals surface area (Å²) in [5, 5.41) is 8.91. The number of unbranched alkanes of at least 4 members (excludes halogenated alkanes) is 15. The summed E-state index contributed by atoms with van der Waals surface area (Å²) in [5.74, 6) is -2.49. The molecular formula is C50H84NO10P. The van der Waals surface area contributed by atoms with E-state index in [1.165, 1.54) is 83.5 Å². The number of hydrogen-bond acceptors (Lipinski definition) is 9. The van der Waals surface area contributed by atoms with Crippen LogP contribution in [0.3, 0.4) is 0 Å². The van der Waals surface area contributed by atoms with Gasteiger partial charge in [-0.25, -0.2) is 4.57 Å². The monoisotopic (exact) mass is 890 g/mol. The average Bonchev–Trinajstić information content (AvgIpc) is 3.25. The molecule has 0 aromatic heterocycles. The van der Waals surface area contributed by atoms with Gasteiger partial charge in [0.15, 0.2) is 6.10 Å². The lowest BCUT2D eigenvalue weighted by Gasteiger charge is -2.20. The maximum absolute atomic E-state index is 12.7. The van der Waals surface area contributed by atoms with Crippen LogP contribution in [-0.4, -0.2) is 59.9 Å². The lowest BCUT2D eigenvalue weighted by atomic mass is 10.1. The first kappa shape index (κ1) is 58.7. The van der Waals surface area contributed by atoms with Crippen molar-refractivity contribution in [1.82, 2.24) is 0 Å². The van der Waals surface area contributed by atoms with Crippen LogP contribution >= 0.6 is 7.82 Å². The number of nitrogens with two attached hydrogens (primary N) is 1. The zero-order chi connectivity index (χ0) is 45.6. The van der Waals surface area contributed by atoms with E-state index in [0.29, 0.717) is 12.8 Å². The number of hydrogen-bond donors (Lipinski definition) is 3. The summed E-state index contributed by atoms with van der Waals surface area (Å²) in [7, 11) is -4.74. The third kappa shape index (κ3) is 43.3. The van der Waals surface area contributed by atoms with Crippen molar-refractivity contribution in [3.05, 3.63) is 85.1 Å². The highest BCUT2D eigenvalue weighted by atomic mass is 31.2. The van der Waals surface area contributed by atoms with E-state index in [1.807, 2.05) is 12.2 Å². The van der Waals surface area contributed by atoms with Crippen LogP contribution in [0.5, 0.6) is 0 Å². The molecule has 62 heavy (non-hydrogen) atoms. The molecule has 0 aromatic rings. The Morgan fingerprint density at radius 2 is 0.935 bits per heavy atom. The third-order valence-corrected chi connectivity index (χ3v) is 10.6. The number of aliphatic carboxylic acids is 1. The summed E-state index contributed by atoms with van der Waals surface area (Å²) >= 11 is 0. The van der Waals surface area contributed by atoms with Gasteiger partial charge in [0, 0.05) is 12.8 Å². The molecular weight excluding hydrogens is 806 g/mol. The molecule has 0 fully saturated rings. The number of phosphoric acid groups is 1. The Morgan fingerprint density at radius 1 is 0.516 bits per heavy atom. The van der Waals surface area contributed by atoms with Gasteiger partial charge in [-0.05, 0) is 77.0 Å². The van der Waals surface area contributed by atoms with Crippen molar-refractivity contribution in [2.24, 2.45) is 5.73 Å². The average molecular weight is 890 g/mol. The van der Waals surface area contributed by atoms with E-state index >= 15 is 0 Å². The minimum absolute atomic E-state index is 0.0923. The smallest absolute Gasteiger partial charge is 0.472 e. The highest BCUT2D eigenvalue weighted by molar-refractivity contribution is 7.47. The molecule has 0 amide bonds. The molecule has 11 nitrogen and oxygen atoms in total. The largest absolute Gasteiger partial charge is 0.480 e. The van der Waals surface area contributed by atoms with E-state index < -0.39 is 57.7 Å². The third-order valence-electron chi connectivity index (χ3n) is 9.64. The molecule has 354 valence electrons. The zero-order valence-corrected chi connectivity index (χ0v) is 39.3. The fourth-order valence-corrected chi connectivity index (χ4v) is 6.75. The molecule has 3 atom stereocenters. The lowest BCUT2D eigenvalue weighted by molar-refractivity contribution is -0.161. The van der Waals surface area contributed by atoms with Gasteiger partial charge >= 0.3 is 25.7 Å². The summed E-state index contributed by atoms with van der Waals surface area (Å²) in [6, 6.07) is -1.54. The van der Waals surface area contributed by atoms with Gasteiger partial charge in [-0.15, -0.1) is 0 Å². The second-order valence-electron chi connectivity index (χ2n) is 15.5. The predicted molar refractivity (Wildman–Crippen MR) is 254 cm³/mol. The van der Waals surface area contributed by atoms with Gasteiger partial charge in [0.2, 0.25) is 0 Å². The molecule has 0 rings (SSSR count). The van der Waals surface area contributed by atoms with Crippen molar-refractivity contribution >= 4 is 25.7 Å². The zero-order valence-electron chi connectivity index (χ0n) is 38.4. The fraction of sp³-hybridized carbons (Fsp3) is 0.660. The van der Waals surface area contributed by atoms with Crippen LogP contribution in [0.2, 0.25) is 0 Å². The molecule has 1 unspecified atom stereocenters. The first-order chi connectivity index (χ1) is 30.1. The second kappa shape index (κ2) is 44.3. The van der Waals surface area contributed by atoms with E-state index in [1.54, 1.807) is 0 Å². The van der Waals surface area contributed by atoms with Crippen LogP contribution in [0.4, 0.5) is 0 Å². The number of ether oxygens (including phenoxy) is 2. The summed E-state index contributed by atoms with van der Waals surface area (Å²) in [6.07, 6.45) is 55.2. The summed E-state index contributed by atoms with van der Waals surface area (Å²) < 4.78 is 32.7. The van der Waals surface area contributed by atoms with Crippen molar-refractivity contribution in [2.75, 3.05) is 19.8 Å². The number of carbonyl (C=O) groups is 3. The topological polar surface area (TPSA) is 172 Å². The standard InChI is InChI=1S/C50H84NO10P/c1-3-5-7-9-11-13-15-17-19-21-23-25-27-29-31-33-35-37-39-41-48(52)58-43-46(44-59-62(56,57)60-45-47(51)50(54)55)61-49(53)42-40-38-36-34-32-30-28-26-24-22-20-18-16-14-12-10-8-6-4-2/h5,7,11,13,17-20,23,25,29,31,35,37,46-47H,3-4,6,8-10,12,14-16,21-22,24,26-28,30,32-34,36,38-45,51H2,1-2H3,(H,54,55)(H,56,57)/b7-5-,13-11-,19-17-,20-18-,25-23-,31-29-,37-35-/t46-,47+/m1/s1. The van der Waals surface area contributed by atoms with Gasteiger partial charge in [0.1, 0.15) is 12.6 Å². The summed E-state index contributed by atoms with van der Waals surface area (Å²) in [5.41, 5.74) is 5.34. The molecule has 0 aliphatic rings. The summed E-state index contributed by atoms with van der Waals surface area (Å²) in [6.45, 7) is 2.61. The number of carbonyl (C=O) groups excluding carboxylic acids is 2. The normalized spacial score (nSPS) is 14.4. The Kier molecular flexibility index (Phi) is 41.9. The van der Waals surface area contributed by atoms with Gasteiger partial charge in [0.25, 0.3) is 0 Å². The molecule has 0 saturated carbocycles. The van der Waals surface area contributed by atoms with Crippen LogP contribution < -0.4 is 5.73 Å². The number of esters is 2. The van der Waals surface area contributed by atoms with E-state index in [0.717, 1.165) is 57.8 Å². The SMILES string of the molecule is CC/C=C\C/C=C\C/C=C\C/C=C\C/C=C\C/C=C\CCC(=O)OC[C@H](COP(=O)(O)OC[C@H](N)C(=O)O)OC(=O)CCCCCCCCCCC/C=C\CCCCCCCC. The maximum atomic E-state index is 12.7. The molecule has 0 heterocycles. The molecule has 4 N–H and O–H groups in total. The molecule has 0 saturated heterocycles. The first-order valence-electron chi connectivity index (χ1n) is 23.6. The van der Waals surface area contributed by atoms with Crippen LogP contribution in [0, 0.1) is 0 Å². The van der Waals surface area contributed by atoms with Crippen LogP contribution in [0.25, 0.3) is 0 Å². The van der Waals surface area contributed by atoms with E-state index in [4.69, 9.17) is 24.8 Å². The van der Waals surface area contributed by atoms with E-state index in [-0.39, 0.29) is 12.8 Å². The van der Waals surface area contributed by atoms with Gasteiger partial charge in [-0.2, -0.15) is 0 Å². The molecule has 0 aromatic carbocycles. The van der Waals surface area contributed by atoms with Crippen molar-refractivity contribution < 1.29 is 47.5 Å². The van der Waals surface area contributed by atoms with E-state index in [9.17, 15) is 23.8 Å². The van der Waals surface area contributed by atoms with Crippen LogP contribution in [0.15, 0.2) is 85.1 Å². The van der Waals surface area contributed by atoms with Crippen LogP contribution in [-0.2, 0) is 37.5 Å². The van der Waals surface area contributed by atoms with Gasteiger partial charge in [-0.3, -0.25) is 23.4 Å². The number of carboxylic acids is 1.